The van der Waals surface area contributed by atoms with Gasteiger partial charge < -0.3 is 10.6 Å². The van der Waals surface area contributed by atoms with Gasteiger partial charge >= 0.3 is 0 Å². The molecule has 2 atom stereocenters. The fourth-order valence-corrected chi connectivity index (χ4v) is 5.96. The van der Waals surface area contributed by atoms with Crippen LogP contribution in [0.2, 0.25) is 0 Å². The quantitative estimate of drug-likeness (QED) is 0.746. The number of hydrogen-bond donors (Lipinski definition) is 1. The van der Waals surface area contributed by atoms with Crippen molar-refractivity contribution in [3.63, 3.8) is 0 Å². The molecule has 0 saturated carbocycles. The number of nitrogens with zero attached hydrogens (tertiary/aromatic N) is 2. The molecule has 6 nitrogen and oxygen atoms in total. The second-order valence-corrected chi connectivity index (χ2v) is 9.13. The Morgan fingerprint density at radius 2 is 2.00 bits per heavy atom. The molecular formula is C13H25N3O3S2. The van der Waals surface area contributed by atoms with Crippen LogP contribution >= 0.6 is 11.8 Å². The number of carbonyl (C=O) groups excluding carboxylic acids is 1. The van der Waals surface area contributed by atoms with Crippen molar-refractivity contribution in [2.75, 3.05) is 43.9 Å². The summed E-state index contributed by atoms with van der Waals surface area (Å²) in [5.74, 6) is 1.56. The molecule has 0 aromatic rings. The van der Waals surface area contributed by atoms with Crippen molar-refractivity contribution < 1.29 is 13.2 Å². The van der Waals surface area contributed by atoms with Crippen molar-refractivity contribution in [2.45, 2.75) is 30.7 Å². The molecule has 2 heterocycles. The van der Waals surface area contributed by atoms with Crippen LogP contribution in [0.15, 0.2) is 0 Å². The highest BCUT2D eigenvalue weighted by Gasteiger charge is 2.36. The van der Waals surface area contributed by atoms with E-state index in [1.165, 1.54) is 6.26 Å². The molecule has 8 heteroatoms. The van der Waals surface area contributed by atoms with Crippen LogP contribution in [0.4, 0.5) is 0 Å². The Hall–Kier alpha value is -0.310. The van der Waals surface area contributed by atoms with Crippen molar-refractivity contribution in [1.82, 2.24) is 9.80 Å². The predicted molar refractivity (Wildman–Crippen MR) is 85.9 cm³/mol. The zero-order valence-electron chi connectivity index (χ0n) is 12.5. The van der Waals surface area contributed by atoms with E-state index in [0.717, 1.165) is 31.7 Å². The molecule has 2 unspecified atom stereocenters. The summed E-state index contributed by atoms with van der Waals surface area (Å²) < 4.78 is 23.9. The third-order valence-electron chi connectivity index (χ3n) is 4.23. The first kappa shape index (κ1) is 17.1. The van der Waals surface area contributed by atoms with E-state index in [9.17, 15) is 13.2 Å². The molecule has 122 valence electrons. The van der Waals surface area contributed by atoms with Crippen molar-refractivity contribution in [1.29, 1.82) is 0 Å². The Kier molecular flexibility index (Phi) is 5.93. The Bertz CT molecular complexity index is 463. The van der Waals surface area contributed by atoms with Gasteiger partial charge in [0.05, 0.1) is 0 Å². The summed E-state index contributed by atoms with van der Waals surface area (Å²) in [7, 11) is -3.16. The van der Waals surface area contributed by atoms with Gasteiger partial charge in [-0.1, -0.05) is 0 Å². The Morgan fingerprint density at radius 1 is 1.33 bits per heavy atom. The van der Waals surface area contributed by atoms with Gasteiger partial charge in [0, 0.05) is 56.4 Å². The van der Waals surface area contributed by atoms with Gasteiger partial charge in [0.15, 0.2) is 9.84 Å². The second kappa shape index (κ2) is 7.30. The van der Waals surface area contributed by atoms with E-state index < -0.39 is 15.2 Å². The molecule has 2 aliphatic heterocycles. The van der Waals surface area contributed by atoms with E-state index in [-0.39, 0.29) is 11.9 Å². The smallest absolute Gasteiger partial charge is 0.224 e. The number of carbonyl (C=O) groups is 1. The fraction of sp³-hybridized carbons (Fsp3) is 0.923. The predicted octanol–water partition coefficient (Wildman–Crippen LogP) is -0.254. The van der Waals surface area contributed by atoms with Gasteiger partial charge in [-0.15, -0.1) is 0 Å². The van der Waals surface area contributed by atoms with E-state index >= 15 is 0 Å². The SMILES string of the molecule is CS(=O)(=O)C1CSCCN1C(CN)CC(=O)N1CCCC1. The summed E-state index contributed by atoms with van der Waals surface area (Å²) >= 11 is 1.65. The van der Waals surface area contributed by atoms with Gasteiger partial charge in [-0.05, 0) is 12.8 Å². The highest BCUT2D eigenvalue weighted by Crippen LogP contribution is 2.24. The minimum atomic E-state index is -3.16. The molecule has 1 amide bonds. The van der Waals surface area contributed by atoms with E-state index in [4.69, 9.17) is 5.73 Å². The van der Waals surface area contributed by atoms with Crippen molar-refractivity contribution >= 4 is 27.5 Å². The first-order chi connectivity index (χ1) is 9.93. The van der Waals surface area contributed by atoms with Gasteiger partial charge in [-0.2, -0.15) is 11.8 Å². The Balaban J connectivity index is 2.05. The van der Waals surface area contributed by atoms with Crippen LogP contribution in [0.5, 0.6) is 0 Å². The molecule has 0 radical (unpaired) electrons. The zero-order chi connectivity index (χ0) is 15.5. The summed E-state index contributed by atoms with van der Waals surface area (Å²) in [6.07, 6.45) is 3.72. The molecular weight excluding hydrogens is 310 g/mol. The van der Waals surface area contributed by atoms with Gasteiger partial charge in [0.2, 0.25) is 5.91 Å². The van der Waals surface area contributed by atoms with Crippen molar-refractivity contribution in [3.05, 3.63) is 0 Å². The number of sulfone groups is 1. The topological polar surface area (TPSA) is 83.7 Å². The summed E-state index contributed by atoms with van der Waals surface area (Å²) in [6.45, 7) is 2.64. The van der Waals surface area contributed by atoms with Crippen LogP contribution in [0.3, 0.4) is 0 Å². The number of nitrogens with two attached hydrogens (primary N) is 1. The van der Waals surface area contributed by atoms with E-state index in [1.807, 2.05) is 9.80 Å². The monoisotopic (exact) mass is 335 g/mol. The lowest BCUT2D eigenvalue weighted by Gasteiger charge is -2.39. The van der Waals surface area contributed by atoms with Crippen molar-refractivity contribution in [2.24, 2.45) is 5.73 Å². The largest absolute Gasteiger partial charge is 0.343 e. The van der Waals surface area contributed by atoms with Crippen LogP contribution in [0.1, 0.15) is 19.3 Å². The first-order valence-corrected chi connectivity index (χ1v) is 10.5. The summed E-state index contributed by atoms with van der Waals surface area (Å²) in [6, 6.07) is -0.182. The standard InChI is InChI=1S/C13H25N3O3S2/c1-21(18,19)13-10-20-7-6-16(13)11(9-14)8-12(17)15-4-2-3-5-15/h11,13H,2-10,14H2,1H3. The normalized spacial score (nSPS) is 26.0. The average molecular weight is 335 g/mol. The molecule has 0 spiro atoms. The number of likely N-dealkylation sites (tertiary alicyclic amines) is 1. The fourth-order valence-electron chi connectivity index (χ4n) is 3.01. The maximum absolute atomic E-state index is 12.3. The highest BCUT2D eigenvalue weighted by molar-refractivity contribution is 8.00. The second-order valence-electron chi connectivity index (χ2n) is 5.78. The number of amides is 1. The van der Waals surface area contributed by atoms with Crippen molar-refractivity contribution in [3.8, 4) is 0 Å². The number of hydrogen-bond acceptors (Lipinski definition) is 6. The minimum Gasteiger partial charge on any atom is -0.343 e. The van der Waals surface area contributed by atoms with Crippen LogP contribution in [0, 0.1) is 0 Å². The molecule has 2 saturated heterocycles. The summed E-state index contributed by atoms with van der Waals surface area (Å²) in [5, 5.41) is -0.517. The van der Waals surface area contributed by atoms with Crippen LogP contribution in [-0.2, 0) is 14.6 Å². The maximum Gasteiger partial charge on any atom is 0.224 e. The molecule has 2 aliphatic rings. The lowest BCUT2D eigenvalue weighted by Crippen LogP contribution is -2.55. The zero-order valence-corrected chi connectivity index (χ0v) is 14.2. The van der Waals surface area contributed by atoms with Gasteiger partial charge in [0.1, 0.15) is 5.37 Å². The number of thioether (sulfide) groups is 1. The van der Waals surface area contributed by atoms with Gasteiger partial charge in [-0.25, -0.2) is 8.42 Å². The van der Waals surface area contributed by atoms with Crippen LogP contribution < -0.4 is 5.73 Å². The summed E-state index contributed by atoms with van der Waals surface area (Å²) in [5.41, 5.74) is 5.84. The lowest BCUT2D eigenvalue weighted by molar-refractivity contribution is -0.131. The lowest BCUT2D eigenvalue weighted by atomic mass is 10.1. The minimum absolute atomic E-state index is 0.105. The molecule has 0 aromatic heterocycles. The number of rotatable bonds is 5. The molecule has 0 bridgehead atoms. The Labute approximate surface area is 131 Å². The third-order valence-corrected chi connectivity index (χ3v) is 6.89. The van der Waals surface area contributed by atoms with E-state index in [1.54, 1.807) is 11.8 Å². The van der Waals surface area contributed by atoms with Crippen LogP contribution in [0.25, 0.3) is 0 Å². The first-order valence-electron chi connectivity index (χ1n) is 7.43. The highest BCUT2D eigenvalue weighted by atomic mass is 32.2. The van der Waals surface area contributed by atoms with E-state index in [0.29, 0.717) is 25.3 Å². The third kappa shape index (κ3) is 4.34. The molecule has 2 fully saturated rings. The van der Waals surface area contributed by atoms with Gasteiger partial charge in [-0.3, -0.25) is 9.69 Å². The summed E-state index contributed by atoms with van der Waals surface area (Å²) in [4.78, 5) is 16.1. The molecule has 0 aromatic carbocycles. The Morgan fingerprint density at radius 3 is 2.57 bits per heavy atom. The molecule has 2 rings (SSSR count). The van der Waals surface area contributed by atoms with Gasteiger partial charge in [0.25, 0.3) is 0 Å². The van der Waals surface area contributed by atoms with E-state index in [2.05, 4.69) is 0 Å². The average Bonchev–Trinajstić information content (AvgIpc) is 2.98. The molecule has 0 aliphatic carbocycles. The maximum atomic E-state index is 12.3. The molecule has 21 heavy (non-hydrogen) atoms. The molecule has 2 N–H and O–H groups in total. The van der Waals surface area contributed by atoms with Crippen LogP contribution in [-0.4, -0.2) is 79.5 Å².